The summed E-state index contributed by atoms with van der Waals surface area (Å²) < 4.78 is 11.0. The van der Waals surface area contributed by atoms with Crippen molar-refractivity contribution in [1.82, 2.24) is 5.32 Å². The highest BCUT2D eigenvalue weighted by atomic mass is 16.5. The Morgan fingerprint density at radius 1 is 1.14 bits per heavy atom. The summed E-state index contributed by atoms with van der Waals surface area (Å²) in [5, 5.41) is 3.09. The Hall–Kier alpha value is -1.71. The number of ether oxygens (including phenoxy) is 2. The van der Waals surface area contributed by atoms with Crippen LogP contribution in [-0.4, -0.2) is 25.2 Å². The molecule has 1 aromatic rings. The summed E-state index contributed by atoms with van der Waals surface area (Å²) >= 11 is 0. The zero-order chi connectivity index (χ0) is 15.8. The van der Waals surface area contributed by atoms with E-state index in [2.05, 4.69) is 19.2 Å². The Morgan fingerprint density at radius 2 is 1.77 bits per heavy atom. The van der Waals surface area contributed by atoms with Crippen LogP contribution in [0.5, 0.6) is 11.5 Å². The van der Waals surface area contributed by atoms with Gasteiger partial charge in [0.2, 0.25) is 0 Å². The van der Waals surface area contributed by atoms with Gasteiger partial charge in [0.05, 0.1) is 6.61 Å². The van der Waals surface area contributed by atoms with Crippen LogP contribution in [-0.2, 0) is 4.79 Å². The molecular formula is C18H27NO3. The fourth-order valence-electron chi connectivity index (χ4n) is 2.78. The van der Waals surface area contributed by atoms with Crippen LogP contribution in [0.15, 0.2) is 24.3 Å². The molecule has 4 nitrogen and oxygen atoms in total. The summed E-state index contributed by atoms with van der Waals surface area (Å²) in [6.07, 6.45) is 5.74. The Bertz CT molecular complexity index is 458. The monoisotopic (exact) mass is 305 g/mol. The van der Waals surface area contributed by atoms with Gasteiger partial charge in [-0.25, -0.2) is 0 Å². The molecule has 1 N–H and O–H groups in total. The van der Waals surface area contributed by atoms with Crippen molar-refractivity contribution in [3.05, 3.63) is 24.3 Å². The second-order valence-electron chi connectivity index (χ2n) is 6.04. The standard InChI is InChI=1S/C18H27NO3/c1-3-12-21-15-8-10-16(11-9-15)22-13-18(20)19-17-7-5-4-6-14(17)2/h8-11,14,17H,3-7,12-13H2,1-2H3,(H,19,20). The number of benzene rings is 1. The average Bonchev–Trinajstić information content (AvgIpc) is 2.54. The summed E-state index contributed by atoms with van der Waals surface area (Å²) in [5.74, 6) is 2.04. The van der Waals surface area contributed by atoms with Gasteiger partial charge in [-0.3, -0.25) is 4.79 Å². The summed E-state index contributed by atoms with van der Waals surface area (Å²) in [4.78, 5) is 12.0. The first-order valence-corrected chi connectivity index (χ1v) is 8.34. The minimum atomic E-state index is -0.0370. The average molecular weight is 305 g/mol. The number of rotatable bonds is 7. The third-order valence-corrected chi connectivity index (χ3v) is 4.12. The Kier molecular flexibility index (Phi) is 6.56. The number of hydrogen-bond acceptors (Lipinski definition) is 3. The van der Waals surface area contributed by atoms with Crippen LogP contribution in [0, 0.1) is 5.92 Å². The van der Waals surface area contributed by atoms with Crippen LogP contribution in [0.4, 0.5) is 0 Å². The Morgan fingerprint density at radius 3 is 2.41 bits per heavy atom. The predicted molar refractivity (Wildman–Crippen MR) is 87.3 cm³/mol. The molecule has 2 rings (SSSR count). The molecule has 122 valence electrons. The molecule has 1 aliphatic carbocycles. The highest BCUT2D eigenvalue weighted by Gasteiger charge is 2.22. The van der Waals surface area contributed by atoms with Crippen LogP contribution < -0.4 is 14.8 Å². The van der Waals surface area contributed by atoms with Gasteiger partial charge in [-0.1, -0.05) is 26.7 Å². The van der Waals surface area contributed by atoms with E-state index >= 15 is 0 Å². The number of nitrogens with one attached hydrogen (secondary N) is 1. The van der Waals surface area contributed by atoms with E-state index in [1.165, 1.54) is 19.3 Å². The minimum absolute atomic E-state index is 0.0370. The zero-order valence-electron chi connectivity index (χ0n) is 13.6. The molecule has 0 aromatic heterocycles. The quantitative estimate of drug-likeness (QED) is 0.838. The van der Waals surface area contributed by atoms with E-state index in [9.17, 15) is 4.79 Å². The number of carbonyl (C=O) groups is 1. The van der Waals surface area contributed by atoms with Crippen molar-refractivity contribution in [3.63, 3.8) is 0 Å². The van der Waals surface area contributed by atoms with Gasteiger partial charge < -0.3 is 14.8 Å². The van der Waals surface area contributed by atoms with Crippen LogP contribution >= 0.6 is 0 Å². The van der Waals surface area contributed by atoms with Crippen LogP contribution in [0.2, 0.25) is 0 Å². The fourth-order valence-corrected chi connectivity index (χ4v) is 2.78. The van der Waals surface area contributed by atoms with Crippen LogP contribution in [0.25, 0.3) is 0 Å². The lowest BCUT2D eigenvalue weighted by Crippen LogP contribution is -2.43. The SMILES string of the molecule is CCCOc1ccc(OCC(=O)NC2CCCCC2C)cc1. The third kappa shape index (κ3) is 5.24. The zero-order valence-corrected chi connectivity index (χ0v) is 13.6. The van der Waals surface area contributed by atoms with Crippen molar-refractivity contribution in [2.75, 3.05) is 13.2 Å². The van der Waals surface area contributed by atoms with Crippen molar-refractivity contribution in [1.29, 1.82) is 0 Å². The van der Waals surface area contributed by atoms with Crippen LogP contribution in [0.1, 0.15) is 46.0 Å². The van der Waals surface area contributed by atoms with E-state index in [0.29, 0.717) is 24.3 Å². The summed E-state index contributed by atoms with van der Waals surface area (Å²) in [7, 11) is 0. The lowest BCUT2D eigenvalue weighted by Gasteiger charge is -2.29. The van der Waals surface area contributed by atoms with Crippen molar-refractivity contribution >= 4 is 5.91 Å². The van der Waals surface area contributed by atoms with E-state index < -0.39 is 0 Å². The van der Waals surface area contributed by atoms with E-state index in [0.717, 1.165) is 18.6 Å². The first-order valence-electron chi connectivity index (χ1n) is 8.34. The Labute approximate surface area is 133 Å². The number of hydrogen-bond donors (Lipinski definition) is 1. The van der Waals surface area contributed by atoms with Gasteiger partial charge in [-0.2, -0.15) is 0 Å². The molecular weight excluding hydrogens is 278 g/mol. The van der Waals surface area contributed by atoms with Gasteiger partial charge in [0.15, 0.2) is 6.61 Å². The molecule has 1 aromatic carbocycles. The van der Waals surface area contributed by atoms with Gasteiger partial charge in [-0.05, 0) is 49.4 Å². The minimum Gasteiger partial charge on any atom is -0.494 e. The van der Waals surface area contributed by atoms with E-state index in [1.807, 2.05) is 24.3 Å². The molecule has 0 radical (unpaired) electrons. The summed E-state index contributed by atoms with van der Waals surface area (Å²) in [6, 6.07) is 7.70. The van der Waals surface area contributed by atoms with Crippen molar-refractivity contribution in [2.45, 2.75) is 52.0 Å². The molecule has 2 atom stereocenters. The lowest BCUT2D eigenvalue weighted by molar-refractivity contribution is -0.124. The molecule has 1 aliphatic rings. The summed E-state index contributed by atoms with van der Waals surface area (Å²) in [6.45, 7) is 5.06. The maximum atomic E-state index is 12.0. The molecule has 1 amide bonds. The van der Waals surface area contributed by atoms with Gasteiger partial charge in [0, 0.05) is 6.04 Å². The van der Waals surface area contributed by atoms with Gasteiger partial charge in [-0.15, -0.1) is 0 Å². The number of carbonyl (C=O) groups excluding carboxylic acids is 1. The first-order chi connectivity index (χ1) is 10.7. The van der Waals surface area contributed by atoms with E-state index in [-0.39, 0.29) is 12.5 Å². The molecule has 1 saturated carbocycles. The highest BCUT2D eigenvalue weighted by Crippen LogP contribution is 2.23. The maximum absolute atomic E-state index is 12.0. The highest BCUT2D eigenvalue weighted by molar-refractivity contribution is 5.77. The molecule has 0 heterocycles. The van der Waals surface area contributed by atoms with Gasteiger partial charge >= 0.3 is 0 Å². The topological polar surface area (TPSA) is 47.6 Å². The fraction of sp³-hybridized carbons (Fsp3) is 0.611. The number of amides is 1. The lowest BCUT2D eigenvalue weighted by atomic mass is 9.86. The van der Waals surface area contributed by atoms with E-state index in [1.54, 1.807) is 0 Å². The second-order valence-corrected chi connectivity index (χ2v) is 6.04. The second kappa shape index (κ2) is 8.66. The van der Waals surface area contributed by atoms with Crippen molar-refractivity contribution in [3.8, 4) is 11.5 Å². The molecule has 1 fully saturated rings. The van der Waals surface area contributed by atoms with E-state index in [4.69, 9.17) is 9.47 Å². The third-order valence-electron chi connectivity index (χ3n) is 4.12. The predicted octanol–water partition coefficient (Wildman–Crippen LogP) is 3.55. The summed E-state index contributed by atoms with van der Waals surface area (Å²) in [5.41, 5.74) is 0. The smallest absolute Gasteiger partial charge is 0.258 e. The largest absolute Gasteiger partial charge is 0.494 e. The van der Waals surface area contributed by atoms with Gasteiger partial charge in [0.25, 0.3) is 5.91 Å². The molecule has 2 unspecified atom stereocenters. The van der Waals surface area contributed by atoms with Gasteiger partial charge in [0.1, 0.15) is 11.5 Å². The van der Waals surface area contributed by atoms with Crippen molar-refractivity contribution in [2.24, 2.45) is 5.92 Å². The van der Waals surface area contributed by atoms with Crippen molar-refractivity contribution < 1.29 is 14.3 Å². The molecule has 0 aliphatic heterocycles. The Balaban J connectivity index is 1.73. The first kappa shape index (κ1) is 16.7. The molecule has 0 saturated heterocycles. The maximum Gasteiger partial charge on any atom is 0.258 e. The molecule has 22 heavy (non-hydrogen) atoms. The molecule has 0 spiro atoms. The molecule has 0 bridgehead atoms. The van der Waals surface area contributed by atoms with Crippen LogP contribution in [0.3, 0.4) is 0 Å². The molecule has 4 heteroatoms. The normalized spacial score (nSPS) is 21.2.